The van der Waals surface area contributed by atoms with Gasteiger partial charge in [-0.25, -0.2) is 9.97 Å². The largest absolute Gasteiger partial charge is 0.341 e. The molecular formula is C20H20N6O2S2. The second-order valence-corrected chi connectivity index (χ2v) is 9.22. The Kier molecular flexibility index (Phi) is 4.95. The van der Waals surface area contributed by atoms with Gasteiger partial charge in [-0.2, -0.15) is 5.10 Å². The fourth-order valence-electron chi connectivity index (χ4n) is 3.87. The molecule has 0 radical (unpaired) electrons. The van der Waals surface area contributed by atoms with Crippen LogP contribution in [0.4, 0.5) is 0 Å². The topological polar surface area (TPSA) is 96.8 Å². The van der Waals surface area contributed by atoms with Crippen molar-refractivity contribution in [2.24, 2.45) is 0 Å². The lowest BCUT2D eigenvalue weighted by atomic mass is 9.96. The molecule has 0 unspecified atom stereocenters. The van der Waals surface area contributed by atoms with Gasteiger partial charge in [0.1, 0.15) is 17.2 Å². The quantitative estimate of drug-likeness (QED) is 0.526. The van der Waals surface area contributed by atoms with Gasteiger partial charge in [-0.15, -0.1) is 22.7 Å². The van der Waals surface area contributed by atoms with Crippen molar-refractivity contribution in [3.63, 3.8) is 0 Å². The van der Waals surface area contributed by atoms with Crippen molar-refractivity contribution in [3.8, 4) is 10.4 Å². The van der Waals surface area contributed by atoms with Crippen LogP contribution in [0.3, 0.4) is 0 Å². The van der Waals surface area contributed by atoms with E-state index in [1.165, 1.54) is 22.2 Å². The van der Waals surface area contributed by atoms with Gasteiger partial charge < -0.3 is 4.90 Å². The summed E-state index contributed by atoms with van der Waals surface area (Å²) >= 11 is 3.04. The minimum Gasteiger partial charge on any atom is -0.341 e. The Balaban J connectivity index is 1.32. The minimum absolute atomic E-state index is 0.00588. The lowest BCUT2D eigenvalue weighted by Gasteiger charge is -2.31. The molecule has 0 atom stereocenters. The van der Waals surface area contributed by atoms with E-state index in [-0.39, 0.29) is 23.9 Å². The lowest BCUT2D eigenvalue weighted by Crippen LogP contribution is -2.41. The Morgan fingerprint density at radius 3 is 2.83 bits per heavy atom. The van der Waals surface area contributed by atoms with Crippen LogP contribution in [0, 0.1) is 6.92 Å². The molecular weight excluding hydrogens is 420 g/mol. The van der Waals surface area contributed by atoms with Gasteiger partial charge in [0.2, 0.25) is 5.91 Å². The number of aryl methyl sites for hydroxylation is 1. The number of nitrogens with zero attached hydrogens (tertiary/aromatic N) is 5. The molecule has 0 aromatic carbocycles. The zero-order valence-corrected chi connectivity index (χ0v) is 18.0. The van der Waals surface area contributed by atoms with E-state index in [0.717, 1.165) is 34.9 Å². The summed E-state index contributed by atoms with van der Waals surface area (Å²) in [6, 6.07) is 3.96. The molecule has 0 saturated carbocycles. The molecule has 154 valence electrons. The van der Waals surface area contributed by atoms with E-state index in [1.807, 2.05) is 34.7 Å². The Bertz CT molecular complexity index is 1250. The van der Waals surface area contributed by atoms with Gasteiger partial charge in [-0.3, -0.25) is 19.3 Å². The third kappa shape index (κ3) is 3.46. The number of aromatic nitrogens is 5. The number of rotatable bonds is 4. The average Bonchev–Trinajstić information content (AvgIpc) is 3.50. The highest BCUT2D eigenvalue weighted by atomic mass is 32.1. The van der Waals surface area contributed by atoms with E-state index in [4.69, 9.17) is 0 Å². The number of piperidine rings is 1. The number of aromatic amines is 1. The zero-order valence-electron chi connectivity index (χ0n) is 16.4. The summed E-state index contributed by atoms with van der Waals surface area (Å²) in [5.74, 6) is 1.83. The lowest BCUT2D eigenvalue weighted by molar-refractivity contribution is -0.133. The van der Waals surface area contributed by atoms with Crippen LogP contribution >= 0.6 is 22.7 Å². The maximum absolute atomic E-state index is 13.1. The summed E-state index contributed by atoms with van der Waals surface area (Å²) in [6.45, 7) is 3.17. The van der Waals surface area contributed by atoms with Crippen LogP contribution in [0.1, 0.15) is 30.4 Å². The molecule has 0 bridgehead atoms. The summed E-state index contributed by atoms with van der Waals surface area (Å²) in [5.41, 5.74) is 0.732. The highest BCUT2D eigenvalue weighted by molar-refractivity contribution is 7.18. The molecule has 1 aliphatic heterocycles. The average molecular weight is 441 g/mol. The standard InChI is InChI=1S/C20H20N6O2S2/c1-12-22-18(24-23-12)13-4-6-25(7-5-13)16(27)9-26-11-21-19-17(20(26)28)14(10-30-19)15-3-2-8-29-15/h2-3,8,10-11,13H,4-7,9H2,1H3,(H,22,23,24). The molecule has 4 aromatic rings. The molecule has 8 nitrogen and oxygen atoms in total. The van der Waals surface area contributed by atoms with Crippen molar-refractivity contribution in [2.45, 2.75) is 32.2 Å². The van der Waals surface area contributed by atoms with E-state index in [0.29, 0.717) is 23.3 Å². The fourth-order valence-corrected chi connectivity index (χ4v) is 5.59. The normalized spacial score (nSPS) is 15.2. The van der Waals surface area contributed by atoms with Crippen LogP contribution in [0.15, 0.2) is 34.0 Å². The van der Waals surface area contributed by atoms with Crippen LogP contribution < -0.4 is 5.56 Å². The summed E-state index contributed by atoms with van der Waals surface area (Å²) in [7, 11) is 0. The molecule has 10 heteroatoms. The zero-order chi connectivity index (χ0) is 20.7. The Labute approximate surface area is 180 Å². The predicted molar refractivity (Wildman–Crippen MR) is 117 cm³/mol. The maximum Gasteiger partial charge on any atom is 0.263 e. The van der Waals surface area contributed by atoms with Crippen LogP contribution in [0.25, 0.3) is 20.7 Å². The van der Waals surface area contributed by atoms with E-state index in [1.54, 1.807) is 11.3 Å². The van der Waals surface area contributed by atoms with E-state index >= 15 is 0 Å². The van der Waals surface area contributed by atoms with Gasteiger partial charge in [0, 0.05) is 34.8 Å². The number of carbonyl (C=O) groups is 1. The first kappa shape index (κ1) is 19.1. The number of H-pyrrole nitrogens is 1. The molecule has 5 heterocycles. The van der Waals surface area contributed by atoms with Gasteiger partial charge in [0.25, 0.3) is 5.56 Å². The van der Waals surface area contributed by atoms with Gasteiger partial charge in [0.05, 0.1) is 11.7 Å². The monoisotopic (exact) mass is 440 g/mol. The predicted octanol–water partition coefficient (Wildman–Crippen LogP) is 3.02. The number of nitrogens with one attached hydrogen (secondary N) is 1. The molecule has 0 spiro atoms. The summed E-state index contributed by atoms with van der Waals surface area (Å²) in [5, 5.41) is 11.7. The number of amides is 1. The summed E-state index contributed by atoms with van der Waals surface area (Å²) < 4.78 is 1.43. The summed E-state index contributed by atoms with van der Waals surface area (Å²) in [4.78, 5) is 38.4. The van der Waals surface area contributed by atoms with Crippen LogP contribution in [-0.2, 0) is 11.3 Å². The van der Waals surface area contributed by atoms with Crippen molar-refractivity contribution in [2.75, 3.05) is 13.1 Å². The fraction of sp³-hybridized carbons (Fsp3) is 0.350. The highest BCUT2D eigenvalue weighted by Crippen LogP contribution is 2.33. The first-order valence-corrected chi connectivity index (χ1v) is 11.5. The van der Waals surface area contributed by atoms with Crippen molar-refractivity contribution in [1.29, 1.82) is 0 Å². The van der Waals surface area contributed by atoms with Gasteiger partial charge in [-0.1, -0.05) is 6.07 Å². The van der Waals surface area contributed by atoms with Crippen LogP contribution in [0.5, 0.6) is 0 Å². The third-order valence-corrected chi connectivity index (χ3v) is 7.27. The number of likely N-dealkylation sites (tertiary alicyclic amines) is 1. The van der Waals surface area contributed by atoms with Crippen LogP contribution in [0.2, 0.25) is 0 Å². The van der Waals surface area contributed by atoms with Crippen molar-refractivity contribution in [1.82, 2.24) is 29.6 Å². The van der Waals surface area contributed by atoms with Crippen molar-refractivity contribution in [3.05, 3.63) is 51.2 Å². The number of hydrogen-bond donors (Lipinski definition) is 1. The van der Waals surface area contributed by atoms with Crippen LogP contribution in [-0.4, -0.2) is 48.6 Å². The molecule has 1 N–H and O–H groups in total. The molecule has 4 aromatic heterocycles. The molecule has 1 aliphatic rings. The Morgan fingerprint density at radius 1 is 1.30 bits per heavy atom. The van der Waals surface area contributed by atoms with Crippen molar-refractivity contribution >= 4 is 38.8 Å². The number of hydrogen-bond acceptors (Lipinski definition) is 7. The van der Waals surface area contributed by atoms with E-state index < -0.39 is 0 Å². The Hall–Kier alpha value is -2.85. The highest BCUT2D eigenvalue weighted by Gasteiger charge is 2.26. The first-order valence-electron chi connectivity index (χ1n) is 9.77. The maximum atomic E-state index is 13.1. The summed E-state index contributed by atoms with van der Waals surface area (Å²) in [6.07, 6.45) is 3.13. The van der Waals surface area contributed by atoms with Gasteiger partial charge >= 0.3 is 0 Å². The molecule has 5 rings (SSSR count). The number of thiophene rings is 2. The smallest absolute Gasteiger partial charge is 0.263 e. The molecule has 1 saturated heterocycles. The minimum atomic E-state index is -0.163. The molecule has 1 amide bonds. The van der Waals surface area contributed by atoms with Gasteiger partial charge in [-0.05, 0) is 31.2 Å². The second kappa shape index (κ2) is 7.77. The van der Waals surface area contributed by atoms with Crippen molar-refractivity contribution < 1.29 is 4.79 Å². The number of fused-ring (bicyclic) bond motifs is 1. The Morgan fingerprint density at radius 2 is 2.13 bits per heavy atom. The third-order valence-electron chi connectivity index (χ3n) is 5.48. The first-order chi connectivity index (χ1) is 14.6. The SMILES string of the molecule is Cc1nc(C2CCN(C(=O)Cn3cnc4scc(-c5cccs5)c4c3=O)CC2)n[nH]1. The molecule has 1 fully saturated rings. The van der Waals surface area contributed by atoms with E-state index in [9.17, 15) is 9.59 Å². The molecule has 30 heavy (non-hydrogen) atoms. The number of carbonyl (C=O) groups excluding carboxylic acids is 1. The van der Waals surface area contributed by atoms with E-state index in [2.05, 4.69) is 20.2 Å². The molecule has 0 aliphatic carbocycles. The van der Waals surface area contributed by atoms with Gasteiger partial charge in [0.15, 0.2) is 5.82 Å². The second-order valence-electron chi connectivity index (χ2n) is 7.42.